The van der Waals surface area contributed by atoms with Crippen molar-refractivity contribution in [2.24, 2.45) is 17.8 Å². The van der Waals surface area contributed by atoms with Crippen LogP contribution in [-0.4, -0.2) is 71.5 Å². The first-order valence-electron chi connectivity index (χ1n) is 12.9. The molecule has 1 aromatic heterocycles. The fraction of sp³-hybridized carbons (Fsp3) is 0.414. The van der Waals surface area contributed by atoms with Crippen molar-refractivity contribution in [2.75, 3.05) is 14.2 Å². The molecule has 0 aliphatic heterocycles. The van der Waals surface area contributed by atoms with Gasteiger partial charge in [-0.15, -0.1) is 0 Å². The Balaban J connectivity index is 2.02. The Morgan fingerprint density at radius 2 is 1.68 bits per heavy atom. The van der Waals surface area contributed by atoms with Gasteiger partial charge in [-0.25, -0.2) is 4.98 Å². The summed E-state index contributed by atoms with van der Waals surface area (Å²) in [4.78, 5) is 83.1. The van der Waals surface area contributed by atoms with Gasteiger partial charge in [0.1, 0.15) is 12.1 Å². The van der Waals surface area contributed by atoms with Gasteiger partial charge in [-0.05, 0) is 12.0 Å². The maximum absolute atomic E-state index is 13.5. The highest BCUT2D eigenvalue weighted by Crippen LogP contribution is 2.32. The zero-order valence-corrected chi connectivity index (χ0v) is 23.3. The molecule has 2 aromatic rings. The first kappa shape index (κ1) is 30.9. The van der Waals surface area contributed by atoms with Gasteiger partial charge in [-0.1, -0.05) is 51.1 Å². The Hall–Kier alpha value is -4.61. The Kier molecular flexibility index (Phi) is 9.93. The van der Waals surface area contributed by atoms with Gasteiger partial charge in [-0.2, -0.15) is 0 Å². The number of methoxy groups -OCH3 is 2. The summed E-state index contributed by atoms with van der Waals surface area (Å²) in [5.41, 5.74) is 0.0479. The minimum absolute atomic E-state index is 0.0360. The van der Waals surface area contributed by atoms with E-state index < -0.39 is 82.8 Å². The van der Waals surface area contributed by atoms with E-state index in [4.69, 9.17) is 14.2 Å². The van der Waals surface area contributed by atoms with Gasteiger partial charge >= 0.3 is 5.97 Å². The number of pyridine rings is 1. The molecule has 0 bridgehead atoms. The molecule has 41 heavy (non-hydrogen) atoms. The van der Waals surface area contributed by atoms with Crippen LogP contribution in [0.5, 0.6) is 17.4 Å². The highest BCUT2D eigenvalue weighted by atomic mass is 16.5. The predicted octanol–water partition coefficient (Wildman–Crippen LogP) is 1.65. The molecule has 1 amide bonds. The van der Waals surface area contributed by atoms with Crippen LogP contribution in [0.15, 0.2) is 36.4 Å². The second-order valence-corrected chi connectivity index (χ2v) is 9.95. The van der Waals surface area contributed by atoms with Crippen molar-refractivity contribution >= 4 is 35.0 Å². The molecule has 4 atom stereocenters. The zero-order chi connectivity index (χ0) is 30.4. The highest BCUT2D eigenvalue weighted by Gasteiger charge is 2.46. The number of carbonyl (C=O) groups is 6. The summed E-state index contributed by atoms with van der Waals surface area (Å²) in [5, 5.41) is 12.7. The van der Waals surface area contributed by atoms with E-state index in [1.165, 1.54) is 27.2 Å². The number of aromatic nitrogens is 1. The number of amides is 1. The fourth-order valence-electron chi connectivity index (χ4n) is 4.41. The van der Waals surface area contributed by atoms with Gasteiger partial charge < -0.3 is 24.6 Å². The lowest BCUT2D eigenvalue weighted by atomic mass is 9.81. The maximum Gasteiger partial charge on any atom is 0.308 e. The van der Waals surface area contributed by atoms with Crippen LogP contribution < -0.4 is 14.8 Å². The molecule has 1 heterocycles. The summed E-state index contributed by atoms with van der Waals surface area (Å²) in [5.74, 6) is -10.2. The molecule has 3 rings (SSSR count). The third-order valence-electron chi connectivity index (χ3n) is 6.77. The van der Waals surface area contributed by atoms with E-state index in [1.807, 2.05) is 0 Å². The average molecular weight is 569 g/mol. The van der Waals surface area contributed by atoms with Crippen LogP contribution in [0, 0.1) is 17.8 Å². The minimum atomic E-state index is -1.76. The number of esters is 1. The zero-order valence-electron chi connectivity index (χ0n) is 23.3. The number of nitrogens with one attached hydrogen (secondary N) is 1. The maximum atomic E-state index is 13.5. The summed E-state index contributed by atoms with van der Waals surface area (Å²) in [6.07, 6.45) is -2.29. The van der Waals surface area contributed by atoms with Crippen LogP contribution in [0.3, 0.4) is 0 Å². The van der Waals surface area contributed by atoms with E-state index in [9.17, 15) is 33.9 Å². The number of ether oxygens (including phenoxy) is 3. The number of Topliss-reactive ketones (excluding diaryl/α,β-unsaturated/α-hetero) is 4. The highest BCUT2D eigenvalue weighted by molar-refractivity contribution is 6.44. The summed E-state index contributed by atoms with van der Waals surface area (Å²) in [6, 6.07) is 8.11. The van der Waals surface area contributed by atoms with Crippen LogP contribution in [0.4, 0.5) is 0 Å². The molecule has 218 valence electrons. The molecule has 1 aromatic carbocycles. The summed E-state index contributed by atoms with van der Waals surface area (Å²) >= 11 is 0. The molecular formula is C29H32N2O10. The van der Waals surface area contributed by atoms with E-state index in [-0.39, 0.29) is 18.1 Å². The summed E-state index contributed by atoms with van der Waals surface area (Å²) in [6.45, 7) is 4.46. The third-order valence-corrected chi connectivity index (χ3v) is 6.77. The van der Waals surface area contributed by atoms with Gasteiger partial charge in [-0.3, -0.25) is 28.8 Å². The van der Waals surface area contributed by atoms with Gasteiger partial charge in [0.2, 0.25) is 29.0 Å². The number of nitrogens with zero attached hydrogens (tertiary/aromatic N) is 1. The van der Waals surface area contributed by atoms with Gasteiger partial charge in [0.25, 0.3) is 5.91 Å². The van der Waals surface area contributed by atoms with Crippen molar-refractivity contribution in [1.29, 1.82) is 0 Å². The van der Waals surface area contributed by atoms with Crippen molar-refractivity contribution < 1.29 is 48.1 Å². The van der Waals surface area contributed by atoms with Gasteiger partial charge in [0.15, 0.2) is 17.2 Å². The van der Waals surface area contributed by atoms with Gasteiger partial charge in [0, 0.05) is 12.5 Å². The molecule has 12 heteroatoms. The second-order valence-electron chi connectivity index (χ2n) is 9.95. The smallest absolute Gasteiger partial charge is 0.308 e. The van der Waals surface area contributed by atoms with Crippen molar-refractivity contribution in [3.05, 3.63) is 47.7 Å². The lowest BCUT2D eigenvalue weighted by Gasteiger charge is -2.29. The lowest BCUT2D eigenvalue weighted by molar-refractivity contribution is -0.163. The molecule has 12 nitrogen and oxygen atoms in total. The number of aromatic hydroxyl groups is 1. The first-order chi connectivity index (χ1) is 19.4. The number of ketones is 4. The molecule has 1 aliphatic rings. The Labute approximate surface area is 236 Å². The Morgan fingerprint density at radius 1 is 1.02 bits per heavy atom. The minimum Gasteiger partial charge on any atom is -0.503 e. The molecule has 0 spiro atoms. The van der Waals surface area contributed by atoms with Crippen LogP contribution >= 0.6 is 0 Å². The predicted molar refractivity (Wildman–Crippen MR) is 142 cm³/mol. The third kappa shape index (κ3) is 6.94. The molecule has 1 saturated carbocycles. The largest absolute Gasteiger partial charge is 0.503 e. The number of hydrogen-bond donors (Lipinski definition) is 2. The molecule has 0 saturated heterocycles. The second kappa shape index (κ2) is 13.2. The summed E-state index contributed by atoms with van der Waals surface area (Å²) in [7, 11) is 2.50. The first-order valence-corrected chi connectivity index (χ1v) is 12.9. The summed E-state index contributed by atoms with van der Waals surface area (Å²) < 4.78 is 15.6. The Bertz CT molecular complexity index is 1350. The van der Waals surface area contributed by atoms with Crippen molar-refractivity contribution in [3.8, 4) is 17.4 Å². The number of hydrogen-bond acceptors (Lipinski definition) is 11. The monoisotopic (exact) mass is 568 g/mol. The molecule has 0 unspecified atom stereocenters. The lowest BCUT2D eigenvalue weighted by Crippen LogP contribution is -2.47. The topological polar surface area (TPSA) is 175 Å². The van der Waals surface area contributed by atoms with Crippen LogP contribution in [0.1, 0.15) is 43.2 Å². The standard InChI is InChI=1S/C29H32N2O10/c1-14(2)29(38)41-27-15(3)23(33)25(35)18(12-19(32)24(34)17(27)11-16-9-7-6-8-10-16)30-28(37)22-26(36)20(39-4)13-21(31-22)40-5/h6-10,13-15,17-18,27,36H,11-12H2,1-5H3,(H,30,37)/t15-,17+,18+,27-/m1/s1. The van der Waals surface area contributed by atoms with Gasteiger partial charge in [0.05, 0.1) is 32.0 Å². The molecular weight excluding hydrogens is 536 g/mol. The Morgan fingerprint density at radius 3 is 2.27 bits per heavy atom. The molecule has 2 N–H and O–H groups in total. The normalized spacial score (nSPS) is 21.5. The van der Waals surface area contributed by atoms with E-state index in [1.54, 1.807) is 44.2 Å². The van der Waals surface area contributed by atoms with E-state index in [0.717, 1.165) is 0 Å². The number of carbonyl (C=O) groups excluding carboxylic acids is 6. The van der Waals surface area contributed by atoms with Crippen LogP contribution in [0.2, 0.25) is 0 Å². The molecule has 1 fully saturated rings. The van der Waals surface area contributed by atoms with Crippen molar-refractivity contribution in [2.45, 2.75) is 45.8 Å². The van der Waals surface area contributed by atoms with E-state index in [2.05, 4.69) is 10.3 Å². The molecule has 0 radical (unpaired) electrons. The average Bonchev–Trinajstić information content (AvgIpc) is 2.98. The van der Waals surface area contributed by atoms with Crippen LogP contribution in [0.25, 0.3) is 0 Å². The van der Waals surface area contributed by atoms with Crippen molar-refractivity contribution in [3.63, 3.8) is 0 Å². The van der Waals surface area contributed by atoms with E-state index in [0.29, 0.717) is 5.56 Å². The van der Waals surface area contributed by atoms with Crippen molar-refractivity contribution in [1.82, 2.24) is 10.3 Å². The van der Waals surface area contributed by atoms with E-state index >= 15 is 0 Å². The molecule has 1 aliphatic carbocycles. The number of benzene rings is 1. The number of rotatable bonds is 8. The fourth-order valence-corrected chi connectivity index (χ4v) is 4.41. The SMILES string of the molecule is COc1cc(OC)c(O)c(C(=O)N[C@H]2CC(=O)C(=O)[C@H](Cc3ccccc3)[C@H](OC(=O)C(C)C)[C@H](C)C(=O)C2=O)n1. The van der Waals surface area contributed by atoms with Crippen LogP contribution in [-0.2, 0) is 35.1 Å². The quantitative estimate of drug-likeness (QED) is 0.350.